The van der Waals surface area contributed by atoms with E-state index in [9.17, 15) is 4.79 Å². The fraction of sp³-hybridized carbons (Fsp3) is 0.786. The fourth-order valence-electron chi connectivity index (χ4n) is 2.68. The van der Waals surface area contributed by atoms with Crippen molar-refractivity contribution < 1.29 is 4.79 Å². The average molecular weight is 208 g/mol. The van der Waals surface area contributed by atoms with Crippen LogP contribution in [0.1, 0.15) is 58.8 Å². The van der Waals surface area contributed by atoms with Crippen molar-refractivity contribution in [2.45, 2.75) is 58.8 Å². The number of carbonyl (C=O) groups excluding carboxylic acids is 1. The third-order valence-electron chi connectivity index (χ3n) is 3.47. The molecule has 0 N–H and O–H groups in total. The molecule has 2 atom stereocenters. The molecule has 0 saturated heterocycles. The second-order valence-corrected chi connectivity index (χ2v) is 5.03. The van der Waals surface area contributed by atoms with E-state index in [2.05, 4.69) is 20.4 Å². The van der Waals surface area contributed by atoms with E-state index in [4.69, 9.17) is 0 Å². The Bertz CT molecular complexity index is 229. The Labute approximate surface area is 93.9 Å². The van der Waals surface area contributed by atoms with Crippen LogP contribution in [0.5, 0.6) is 0 Å². The molecule has 1 aliphatic rings. The predicted octanol–water partition coefficient (Wildman–Crippen LogP) is 4.13. The van der Waals surface area contributed by atoms with Gasteiger partial charge < -0.3 is 0 Å². The third-order valence-corrected chi connectivity index (χ3v) is 3.47. The number of unbranched alkanes of at least 4 members (excludes halogenated alkanes) is 2. The van der Waals surface area contributed by atoms with Gasteiger partial charge in [0.2, 0.25) is 0 Å². The summed E-state index contributed by atoms with van der Waals surface area (Å²) >= 11 is 0. The number of Topliss-reactive ketones (excluding diaryl/α,β-unsaturated/α-hetero) is 1. The maximum Gasteiger partial charge on any atom is 0.136 e. The van der Waals surface area contributed by atoms with Gasteiger partial charge in [-0.05, 0) is 32.1 Å². The molecule has 15 heavy (non-hydrogen) atoms. The minimum absolute atomic E-state index is 0.355. The molecule has 1 heteroatoms. The Morgan fingerprint density at radius 3 is 2.80 bits per heavy atom. The summed E-state index contributed by atoms with van der Waals surface area (Å²) in [6.07, 6.45) is 7.82. The van der Waals surface area contributed by atoms with Crippen molar-refractivity contribution in [1.82, 2.24) is 0 Å². The van der Waals surface area contributed by atoms with Crippen LogP contribution in [-0.2, 0) is 4.79 Å². The van der Waals surface area contributed by atoms with Crippen LogP contribution >= 0.6 is 0 Å². The molecule has 0 aromatic carbocycles. The Kier molecular flexibility index (Phi) is 5.07. The van der Waals surface area contributed by atoms with Crippen LogP contribution in [0.4, 0.5) is 0 Å². The zero-order valence-electron chi connectivity index (χ0n) is 10.2. The number of hydrogen-bond acceptors (Lipinski definition) is 1. The molecular formula is C14H24O. The van der Waals surface area contributed by atoms with Crippen LogP contribution in [0.2, 0.25) is 0 Å². The summed E-state index contributed by atoms with van der Waals surface area (Å²) < 4.78 is 0. The van der Waals surface area contributed by atoms with E-state index in [1.54, 1.807) is 0 Å². The Hall–Kier alpha value is -0.590. The highest BCUT2D eigenvalue weighted by atomic mass is 16.1. The molecular weight excluding hydrogens is 184 g/mol. The van der Waals surface area contributed by atoms with Gasteiger partial charge in [-0.1, -0.05) is 31.8 Å². The van der Waals surface area contributed by atoms with Gasteiger partial charge in [0.1, 0.15) is 5.78 Å². The van der Waals surface area contributed by atoms with Crippen molar-refractivity contribution in [1.29, 1.82) is 0 Å². The van der Waals surface area contributed by atoms with Crippen LogP contribution in [0.3, 0.4) is 0 Å². The van der Waals surface area contributed by atoms with Crippen LogP contribution in [-0.4, -0.2) is 5.78 Å². The summed E-state index contributed by atoms with van der Waals surface area (Å²) in [7, 11) is 0. The molecule has 0 heterocycles. The van der Waals surface area contributed by atoms with Crippen LogP contribution < -0.4 is 0 Å². The number of carbonyl (C=O) groups is 1. The average Bonchev–Trinajstić information content (AvgIpc) is 2.49. The number of ketones is 1. The molecule has 0 aliphatic heterocycles. The van der Waals surface area contributed by atoms with E-state index >= 15 is 0 Å². The Morgan fingerprint density at radius 1 is 1.47 bits per heavy atom. The Balaban J connectivity index is 2.41. The standard InChI is InChI=1S/C14H24O/c1-4-5-6-7-13-12(10-11(2)3)8-9-14(13)15/h12-13H,2,4-10H2,1,3H3. The van der Waals surface area contributed by atoms with Crippen molar-refractivity contribution in [3.05, 3.63) is 12.2 Å². The van der Waals surface area contributed by atoms with Crippen molar-refractivity contribution in [2.24, 2.45) is 11.8 Å². The lowest BCUT2D eigenvalue weighted by Gasteiger charge is -2.18. The summed E-state index contributed by atoms with van der Waals surface area (Å²) in [5.74, 6) is 1.47. The van der Waals surface area contributed by atoms with Gasteiger partial charge in [-0.3, -0.25) is 4.79 Å². The monoisotopic (exact) mass is 208 g/mol. The molecule has 1 aliphatic carbocycles. The first-order chi connectivity index (χ1) is 7.15. The van der Waals surface area contributed by atoms with Crippen LogP contribution in [0.25, 0.3) is 0 Å². The first kappa shape index (κ1) is 12.5. The number of hydrogen-bond donors (Lipinski definition) is 0. The SMILES string of the molecule is C=C(C)CC1CCC(=O)C1CCCCC. The third kappa shape index (κ3) is 3.81. The maximum atomic E-state index is 11.7. The molecule has 0 spiro atoms. The molecule has 0 aromatic heterocycles. The van der Waals surface area contributed by atoms with E-state index in [1.807, 2.05) is 0 Å². The van der Waals surface area contributed by atoms with E-state index < -0.39 is 0 Å². The van der Waals surface area contributed by atoms with Gasteiger partial charge in [0.15, 0.2) is 0 Å². The van der Waals surface area contributed by atoms with E-state index in [-0.39, 0.29) is 0 Å². The summed E-state index contributed by atoms with van der Waals surface area (Å²) in [5.41, 5.74) is 1.23. The molecule has 2 unspecified atom stereocenters. The summed E-state index contributed by atoms with van der Waals surface area (Å²) in [4.78, 5) is 11.7. The highest BCUT2D eigenvalue weighted by Gasteiger charge is 2.33. The lowest BCUT2D eigenvalue weighted by atomic mass is 9.86. The highest BCUT2D eigenvalue weighted by molar-refractivity contribution is 5.83. The first-order valence-electron chi connectivity index (χ1n) is 6.32. The minimum atomic E-state index is 0.355. The second kappa shape index (κ2) is 6.09. The molecule has 0 radical (unpaired) electrons. The molecule has 0 aromatic rings. The smallest absolute Gasteiger partial charge is 0.136 e. The van der Waals surface area contributed by atoms with Crippen molar-refractivity contribution in [3.8, 4) is 0 Å². The molecule has 0 amide bonds. The summed E-state index contributed by atoms with van der Waals surface area (Å²) in [6, 6.07) is 0. The van der Waals surface area contributed by atoms with Gasteiger partial charge >= 0.3 is 0 Å². The van der Waals surface area contributed by atoms with Crippen molar-refractivity contribution >= 4 is 5.78 Å². The second-order valence-electron chi connectivity index (χ2n) is 5.03. The van der Waals surface area contributed by atoms with E-state index in [0.29, 0.717) is 17.6 Å². The molecule has 86 valence electrons. The van der Waals surface area contributed by atoms with Crippen LogP contribution in [0, 0.1) is 11.8 Å². The zero-order valence-corrected chi connectivity index (χ0v) is 10.2. The fourth-order valence-corrected chi connectivity index (χ4v) is 2.68. The lowest BCUT2D eigenvalue weighted by molar-refractivity contribution is -0.121. The predicted molar refractivity (Wildman–Crippen MR) is 64.8 cm³/mol. The topological polar surface area (TPSA) is 17.1 Å². The lowest BCUT2D eigenvalue weighted by Crippen LogP contribution is -2.15. The van der Waals surface area contributed by atoms with Gasteiger partial charge in [-0.2, -0.15) is 0 Å². The molecule has 1 rings (SSSR count). The maximum absolute atomic E-state index is 11.7. The zero-order chi connectivity index (χ0) is 11.3. The number of allylic oxidation sites excluding steroid dienone is 1. The Morgan fingerprint density at radius 2 is 2.20 bits per heavy atom. The largest absolute Gasteiger partial charge is 0.299 e. The van der Waals surface area contributed by atoms with E-state index in [0.717, 1.165) is 25.7 Å². The molecule has 1 saturated carbocycles. The summed E-state index contributed by atoms with van der Waals surface area (Å²) in [6.45, 7) is 8.25. The quantitative estimate of drug-likeness (QED) is 0.474. The molecule has 0 bridgehead atoms. The van der Waals surface area contributed by atoms with Crippen LogP contribution in [0.15, 0.2) is 12.2 Å². The molecule has 1 fully saturated rings. The van der Waals surface area contributed by atoms with E-state index in [1.165, 1.54) is 24.8 Å². The van der Waals surface area contributed by atoms with Gasteiger partial charge in [0.05, 0.1) is 0 Å². The van der Waals surface area contributed by atoms with Gasteiger partial charge in [0.25, 0.3) is 0 Å². The van der Waals surface area contributed by atoms with Crippen molar-refractivity contribution in [2.75, 3.05) is 0 Å². The van der Waals surface area contributed by atoms with Gasteiger partial charge in [-0.25, -0.2) is 0 Å². The number of rotatable bonds is 6. The van der Waals surface area contributed by atoms with Gasteiger partial charge in [-0.15, -0.1) is 6.58 Å². The first-order valence-corrected chi connectivity index (χ1v) is 6.32. The van der Waals surface area contributed by atoms with Gasteiger partial charge in [0, 0.05) is 12.3 Å². The summed E-state index contributed by atoms with van der Waals surface area (Å²) in [5, 5.41) is 0. The van der Waals surface area contributed by atoms with Crippen molar-refractivity contribution in [3.63, 3.8) is 0 Å². The molecule has 1 nitrogen and oxygen atoms in total. The minimum Gasteiger partial charge on any atom is -0.299 e. The normalized spacial score (nSPS) is 25.9. The highest BCUT2D eigenvalue weighted by Crippen LogP contribution is 2.36.